The molecule has 1 aliphatic heterocycles. The molecule has 0 bridgehead atoms. The molecule has 2 N–H and O–H groups in total. The first kappa shape index (κ1) is 15.8. The van der Waals surface area contributed by atoms with Gasteiger partial charge in [0.05, 0.1) is 19.3 Å². The van der Waals surface area contributed by atoms with Crippen LogP contribution in [0.15, 0.2) is 24.3 Å². The van der Waals surface area contributed by atoms with Crippen molar-refractivity contribution >= 4 is 5.91 Å². The molecule has 21 heavy (non-hydrogen) atoms. The second kappa shape index (κ2) is 7.43. The highest BCUT2D eigenvalue weighted by Crippen LogP contribution is 2.15. The van der Waals surface area contributed by atoms with E-state index < -0.39 is 0 Å². The zero-order chi connectivity index (χ0) is 15.2. The number of carbonyl (C=O) groups excluding carboxylic acids is 1. The molecule has 1 aromatic rings. The Kier molecular flexibility index (Phi) is 5.59. The van der Waals surface area contributed by atoms with Crippen LogP contribution < -0.4 is 10.5 Å². The Morgan fingerprint density at radius 1 is 1.38 bits per heavy atom. The molecule has 0 spiro atoms. The number of methoxy groups -OCH3 is 1. The van der Waals surface area contributed by atoms with Crippen LogP contribution in [-0.4, -0.2) is 49.8 Å². The van der Waals surface area contributed by atoms with E-state index in [-0.39, 0.29) is 18.1 Å². The van der Waals surface area contributed by atoms with E-state index in [1.54, 1.807) is 7.11 Å². The van der Waals surface area contributed by atoms with E-state index in [1.807, 2.05) is 36.1 Å². The fourth-order valence-corrected chi connectivity index (χ4v) is 2.58. The summed E-state index contributed by atoms with van der Waals surface area (Å²) in [6, 6.07) is 7.83. The predicted octanol–water partition coefficient (Wildman–Crippen LogP) is 1.20. The molecular weight excluding hydrogens is 268 g/mol. The van der Waals surface area contributed by atoms with Crippen LogP contribution in [0.1, 0.15) is 18.9 Å². The Morgan fingerprint density at radius 3 is 2.71 bits per heavy atom. The number of amides is 1. The van der Waals surface area contributed by atoms with Gasteiger partial charge in [0, 0.05) is 26.1 Å². The minimum atomic E-state index is -0.0429. The first-order valence-electron chi connectivity index (χ1n) is 7.38. The lowest BCUT2D eigenvalue weighted by Gasteiger charge is -2.36. The lowest BCUT2D eigenvalue weighted by molar-refractivity contribution is -0.143. The number of aryl methyl sites for hydroxylation is 1. The van der Waals surface area contributed by atoms with Crippen molar-refractivity contribution in [2.45, 2.75) is 32.0 Å². The molecule has 0 saturated carbocycles. The summed E-state index contributed by atoms with van der Waals surface area (Å²) in [5, 5.41) is 0. The van der Waals surface area contributed by atoms with Gasteiger partial charge in [-0.2, -0.15) is 0 Å². The van der Waals surface area contributed by atoms with Crippen molar-refractivity contribution in [2.24, 2.45) is 5.73 Å². The zero-order valence-corrected chi connectivity index (χ0v) is 12.7. The number of carbonyl (C=O) groups is 1. The molecule has 5 nitrogen and oxygen atoms in total. The molecule has 0 aliphatic carbocycles. The second-order valence-electron chi connectivity index (χ2n) is 5.45. The fourth-order valence-electron chi connectivity index (χ4n) is 2.58. The van der Waals surface area contributed by atoms with Gasteiger partial charge in [-0.25, -0.2) is 0 Å². The summed E-state index contributed by atoms with van der Waals surface area (Å²) in [6.07, 6.45) is 1.26. The maximum Gasteiger partial charge on any atom is 0.223 e. The summed E-state index contributed by atoms with van der Waals surface area (Å²) in [5.74, 6) is 0.997. The van der Waals surface area contributed by atoms with E-state index in [2.05, 4.69) is 0 Å². The zero-order valence-electron chi connectivity index (χ0n) is 12.7. The largest absolute Gasteiger partial charge is 0.497 e. The van der Waals surface area contributed by atoms with E-state index in [0.29, 0.717) is 26.1 Å². The normalized spacial score (nSPS) is 22.1. The molecule has 116 valence electrons. The Bertz CT molecular complexity index is 461. The van der Waals surface area contributed by atoms with Crippen molar-refractivity contribution in [3.8, 4) is 5.75 Å². The molecule has 2 unspecified atom stereocenters. The van der Waals surface area contributed by atoms with Crippen molar-refractivity contribution in [3.05, 3.63) is 29.8 Å². The Labute approximate surface area is 126 Å². The third kappa shape index (κ3) is 4.44. The van der Waals surface area contributed by atoms with Crippen molar-refractivity contribution in [1.29, 1.82) is 0 Å². The van der Waals surface area contributed by atoms with Crippen LogP contribution >= 0.6 is 0 Å². The average molecular weight is 292 g/mol. The van der Waals surface area contributed by atoms with E-state index in [9.17, 15) is 4.79 Å². The highest BCUT2D eigenvalue weighted by atomic mass is 16.5. The van der Waals surface area contributed by atoms with Gasteiger partial charge in [-0.05, 0) is 31.0 Å². The van der Waals surface area contributed by atoms with Crippen molar-refractivity contribution in [2.75, 3.05) is 26.7 Å². The summed E-state index contributed by atoms with van der Waals surface area (Å²) in [5.41, 5.74) is 6.79. The first-order chi connectivity index (χ1) is 10.1. The maximum absolute atomic E-state index is 12.3. The Balaban J connectivity index is 1.85. The quantitative estimate of drug-likeness (QED) is 0.886. The lowest BCUT2D eigenvalue weighted by Crippen LogP contribution is -2.51. The van der Waals surface area contributed by atoms with Crippen LogP contribution in [0.25, 0.3) is 0 Å². The number of morpholine rings is 1. The molecule has 2 rings (SSSR count). The molecule has 1 aromatic carbocycles. The smallest absolute Gasteiger partial charge is 0.223 e. The van der Waals surface area contributed by atoms with Crippen molar-refractivity contribution in [3.63, 3.8) is 0 Å². The number of benzene rings is 1. The van der Waals surface area contributed by atoms with E-state index in [1.165, 1.54) is 0 Å². The molecule has 1 heterocycles. The van der Waals surface area contributed by atoms with Crippen LogP contribution in [-0.2, 0) is 16.0 Å². The number of nitrogens with zero attached hydrogens (tertiary/aromatic N) is 1. The van der Waals surface area contributed by atoms with E-state index >= 15 is 0 Å². The molecule has 0 aromatic heterocycles. The van der Waals surface area contributed by atoms with Gasteiger partial charge >= 0.3 is 0 Å². The maximum atomic E-state index is 12.3. The number of rotatable bonds is 5. The summed E-state index contributed by atoms with van der Waals surface area (Å²) >= 11 is 0. The molecule has 2 atom stereocenters. The van der Waals surface area contributed by atoms with Crippen LogP contribution in [0, 0.1) is 0 Å². The first-order valence-corrected chi connectivity index (χ1v) is 7.38. The number of hydrogen-bond acceptors (Lipinski definition) is 4. The summed E-state index contributed by atoms with van der Waals surface area (Å²) in [7, 11) is 1.64. The van der Waals surface area contributed by atoms with Gasteiger partial charge < -0.3 is 20.1 Å². The van der Waals surface area contributed by atoms with Crippen LogP contribution in [0.2, 0.25) is 0 Å². The third-order valence-electron chi connectivity index (χ3n) is 3.73. The molecule has 1 saturated heterocycles. The molecule has 1 aliphatic rings. The van der Waals surface area contributed by atoms with Gasteiger partial charge in [0.15, 0.2) is 0 Å². The molecule has 1 fully saturated rings. The molecular formula is C16H24N2O3. The number of ether oxygens (including phenoxy) is 2. The standard InChI is InChI=1S/C16H24N2O3/c1-12-10-18(11-15(9-17)21-12)16(19)8-5-13-3-6-14(20-2)7-4-13/h3-4,6-7,12,15H,5,8-11,17H2,1-2H3. The minimum Gasteiger partial charge on any atom is -0.497 e. The minimum absolute atomic E-state index is 0.0429. The van der Waals surface area contributed by atoms with Crippen molar-refractivity contribution in [1.82, 2.24) is 4.90 Å². The van der Waals surface area contributed by atoms with Crippen LogP contribution in [0.3, 0.4) is 0 Å². The lowest BCUT2D eigenvalue weighted by atomic mass is 10.1. The molecule has 1 amide bonds. The van der Waals surface area contributed by atoms with Gasteiger partial charge in [0.2, 0.25) is 5.91 Å². The topological polar surface area (TPSA) is 64.8 Å². The highest BCUT2D eigenvalue weighted by Gasteiger charge is 2.27. The second-order valence-corrected chi connectivity index (χ2v) is 5.45. The van der Waals surface area contributed by atoms with Crippen LogP contribution in [0.5, 0.6) is 5.75 Å². The monoisotopic (exact) mass is 292 g/mol. The van der Waals surface area contributed by atoms with Gasteiger partial charge in [0.1, 0.15) is 5.75 Å². The fraction of sp³-hybridized carbons (Fsp3) is 0.562. The Morgan fingerprint density at radius 2 is 2.10 bits per heavy atom. The number of nitrogens with two attached hydrogens (primary N) is 1. The number of hydrogen-bond donors (Lipinski definition) is 1. The van der Waals surface area contributed by atoms with Gasteiger partial charge in [0.25, 0.3) is 0 Å². The Hall–Kier alpha value is -1.59. The molecule has 5 heteroatoms. The highest BCUT2D eigenvalue weighted by molar-refractivity contribution is 5.76. The summed E-state index contributed by atoms with van der Waals surface area (Å²) in [6.45, 7) is 3.68. The predicted molar refractivity (Wildman–Crippen MR) is 81.3 cm³/mol. The van der Waals surface area contributed by atoms with Gasteiger partial charge in [-0.15, -0.1) is 0 Å². The summed E-state index contributed by atoms with van der Waals surface area (Å²) in [4.78, 5) is 14.2. The third-order valence-corrected chi connectivity index (χ3v) is 3.73. The van der Waals surface area contributed by atoms with Gasteiger partial charge in [-0.3, -0.25) is 4.79 Å². The van der Waals surface area contributed by atoms with Gasteiger partial charge in [-0.1, -0.05) is 12.1 Å². The van der Waals surface area contributed by atoms with E-state index in [4.69, 9.17) is 15.2 Å². The molecule has 0 radical (unpaired) electrons. The SMILES string of the molecule is COc1ccc(CCC(=O)N2CC(C)OC(CN)C2)cc1. The van der Waals surface area contributed by atoms with Crippen LogP contribution in [0.4, 0.5) is 0 Å². The summed E-state index contributed by atoms with van der Waals surface area (Å²) < 4.78 is 10.8. The van der Waals surface area contributed by atoms with E-state index in [0.717, 1.165) is 17.7 Å². The van der Waals surface area contributed by atoms with Crippen molar-refractivity contribution < 1.29 is 14.3 Å². The average Bonchev–Trinajstić information content (AvgIpc) is 2.52.